The second-order valence-electron chi connectivity index (χ2n) is 4.70. The van der Waals surface area contributed by atoms with Gasteiger partial charge in [0.1, 0.15) is 0 Å². The highest BCUT2D eigenvalue weighted by Gasteiger charge is 2.53. The highest BCUT2D eigenvalue weighted by Crippen LogP contribution is 2.34. The molecule has 0 saturated carbocycles. The summed E-state index contributed by atoms with van der Waals surface area (Å²) in [5.74, 6) is -0.911. The van der Waals surface area contributed by atoms with E-state index in [-0.39, 0.29) is 18.9 Å². The van der Waals surface area contributed by atoms with E-state index in [0.29, 0.717) is 0 Å². The highest BCUT2D eigenvalue weighted by molar-refractivity contribution is 6.17. The smallest absolute Gasteiger partial charge is 0.267 e. The van der Waals surface area contributed by atoms with Crippen LogP contribution < -0.4 is 4.90 Å². The van der Waals surface area contributed by atoms with Gasteiger partial charge in [0.25, 0.3) is 5.91 Å². The molecule has 1 aromatic rings. The molecule has 1 aliphatic heterocycles. The van der Waals surface area contributed by atoms with Crippen molar-refractivity contribution in [3.63, 3.8) is 0 Å². The fourth-order valence-electron chi connectivity index (χ4n) is 2.49. The minimum atomic E-state index is -1.84. The van der Waals surface area contributed by atoms with Crippen molar-refractivity contribution in [2.45, 2.75) is 38.3 Å². The normalized spacial score (nSPS) is 27.6. The highest BCUT2D eigenvalue weighted by atomic mass is 16.3. The summed E-state index contributed by atoms with van der Waals surface area (Å²) >= 11 is 0. The van der Waals surface area contributed by atoms with Gasteiger partial charge in [-0.25, -0.2) is 0 Å². The Labute approximate surface area is 106 Å². The SMILES string of the molecule is CCC(=O)C1(O)CC(C)N(c2ccccc2)C1=O. The second-order valence-corrected chi connectivity index (χ2v) is 4.70. The van der Waals surface area contributed by atoms with E-state index in [1.807, 2.05) is 25.1 Å². The Kier molecular flexibility index (Phi) is 3.22. The first kappa shape index (κ1) is 12.8. The van der Waals surface area contributed by atoms with Crippen LogP contribution >= 0.6 is 0 Å². The summed E-state index contributed by atoms with van der Waals surface area (Å²) < 4.78 is 0. The lowest BCUT2D eigenvalue weighted by Crippen LogP contribution is -2.46. The molecule has 18 heavy (non-hydrogen) atoms. The van der Waals surface area contributed by atoms with E-state index < -0.39 is 17.3 Å². The van der Waals surface area contributed by atoms with Gasteiger partial charge in [0.15, 0.2) is 5.78 Å². The zero-order chi connectivity index (χ0) is 13.3. The van der Waals surface area contributed by atoms with Gasteiger partial charge in [-0.2, -0.15) is 0 Å². The van der Waals surface area contributed by atoms with Crippen LogP contribution in [0, 0.1) is 0 Å². The Morgan fingerprint density at radius 2 is 2.06 bits per heavy atom. The predicted molar refractivity (Wildman–Crippen MR) is 68.3 cm³/mol. The van der Waals surface area contributed by atoms with E-state index in [2.05, 4.69) is 0 Å². The molecule has 4 heteroatoms. The number of amides is 1. The van der Waals surface area contributed by atoms with Crippen LogP contribution in [0.3, 0.4) is 0 Å². The maximum atomic E-state index is 12.3. The van der Waals surface area contributed by atoms with Gasteiger partial charge in [0.2, 0.25) is 5.60 Å². The third kappa shape index (κ3) is 1.82. The van der Waals surface area contributed by atoms with Gasteiger partial charge in [0.05, 0.1) is 0 Å². The van der Waals surface area contributed by atoms with Gasteiger partial charge in [-0.15, -0.1) is 0 Å². The molecule has 1 heterocycles. The van der Waals surface area contributed by atoms with Gasteiger partial charge >= 0.3 is 0 Å². The number of hydrogen-bond acceptors (Lipinski definition) is 3. The Morgan fingerprint density at radius 3 is 2.61 bits per heavy atom. The van der Waals surface area contributed by atoms with E-state index in [9.17, 15) is 14.7 Å². The molecular formula is C14H17NO3. The monoisotopic (exact) mass is 247 g/mol. The van der Waals surface area contributed by atoms with Crippen molar-refractivity contribution >= 4 is 17.4 Å². The zero-order valence-electron chi connectivity index (χ0n) is 10.6. The maximum Gasteiger partial charge on any atom is 0.267 e. The number of ketones is 1. The van der Waals surface area contributed by atoms with Crippen LogP contribution in [-0.2, 0) is 9.59 Å². The lowest BCUT2D eigenvalue weighted by molar-refractivity contribution is -0.147. The zero-order valence-corrected chi connectivity index (χ0v) is 10.6. The number of hydrogen-bond donors (Lipinski definition) is 1. The molecule has 2 unspecified atom stereocenters. The minimum absolute atomic E-state index is 0.160. The number of carbonyl (C=O) groups is 2. The van der Waals surface area contributed by atoms with Gasteiger partial charge in [-0.1, -0.05) is 25.1 Å². The van der Waals surface area contributed by atoms with Crippen LogP contribution in [0.2, 0.25) is 0 Å². The van der Waals surface area contributed by atoms with Gasteiger partial charge in [-0.3, -0.25) is 9.59 Å². The molecule has 1 aliphatic rings. The second kappa shape index (κ2) is 4.53. The maximum absolute atomic E-state index is 12.3. The quantitative estimate of drug-likeness (QED) is 0.824. The predicted octanol–water partition coefficient (Wildman–Crippen LogP) is 1.52. The first-order valence-electron chi connectivity index (χ1n) is 6.15. The van der Waals surface area contributed by atoms with Crippen LogP contribution in [0.1, 0.15) is 26.7 Å². The number of carbonyl (C=O) groups excluding carboxylic acids is 2. The molecule has 2 rings (SSSR count). The molecule has 0 spiro atoms. The van der Waals surface area contributed by atoms with Gasteiger partial charge < -0.3 is 10.0 Å². The lowest BCUT2D eigenvalue weighted by atomic mass is 9.93. The average molecular weight is 247 g/mol. The molecular weight excluding hydrogens is 230 g/mol. The molecule has 96 valence electrons. The number of aliphatic hydroxyl groups is 1. The van der Waals surface area contributed by atoms with E-state index in [1.54, 1.807) is 19.1 Å². The molecule has 1 amide bonds. The fraction of sp³-hybridized carbons (Fsp3) is 0.429. The summed E-state index contributed by atoms with van der Waals surface area (Å²) in [5, 5.41) is 10.3. The molecule has 4 nitrogen and oxygen atoms in total. The molecule has 1 saturated heterocycles. The first-order valence-corrected chi connectivity index (χ1v) is 6.15. The minimum Gasteiger partial charge on any atom is -0.373 e. The van der Waals surface area contributed by atoms with Crippen LogP contribution in [0.5, 0.6) is 0 Å². The third-order valence-electron chi connectivity index (χ3n) is 3.42. The molecule has 1 aromatic carbocycles. The molecule has 2 atom stereocenters. The number of Topliss-reactive ketones (excluding diaryl/α,β-unsaturated/α-hetero) is 1. The third-order valence-corrected chi connectivity index (χ3v) is 3.42. The number of benzene rings is 1. The number of para-hydroxylation sites is 1. The van der Waals surface area contributed by atoms with Crippen molar-refractivity contribution < 1.29 is 14.7 Å². The average Bonchev–Trinajstić information content (AvgIpc) is 2.61. The topological polar surface area (TPSA) is 57.6 Å². The van der Waals surface area contributed by atoms with Crippen molar-refractivity contribution in [3.8, 4) is 0 Å². The number of anilines is 1. The van der Waals surface area contributed by atoms with Crippen LogP contribution in [-0.4, -0.2) is 28.4 Å². The Bertz CT molecular complexity index is 471. The standard InChI is InChI=1S/C14H17NO3/c1-3-12(16)14(18)9-10(2)15(13(14)17)11-7-5-4-6-8-11/h4-8,10,18H,3,9H2,1-2H3. The lowest BCUT2D eigenvalue weighted by Gasteiger charge is -2.22. The van der Waals surface area contributed by atoms with E-state index in [1.165, 1.54) is 4.90 Å². The summed E-state index contributed by atoms with van der Waals surface area (Å²) in [4.78, 5) is 25.6. The van der Waals surface area contributed by atoms with Crippen molar-refractivity contribution in [1.82, 2.24) is 0 Å². The van der Waals surface area contributed by atoms with E-state index in [0.717, 1.165) is 5.69 Å². The summed E-state index contributed by atoms with van der Waals surface area (Å²) in [6.07, 6.45) is 0.324. The summed E-state index contributed by atoms with van der Waals surface area (Å²) in [6.45, 7) is 3.50. The van der Waals surface area contributed by atoms with Gasteiger partial charge in [-0.05, 0) is 19.1 Å². The Hall–Kier alpha value is -1.68. The molecule has 0 aliphatic carbocycles. The molecule has 0 radical (unpaired) electrons. The van der Waals surface area contributed by atoms with Gasteiger partial charge in [0, 0.05) is 24.6 Å². The van der Waals surface area contributed by atoms with Crippen LogP contribution in [0.4, 0.5) is 5.69 Å². The number of nitrogens with zero attached hydrogens (tertiary/aromatic N) is 1. The van der Waals surface area contributed by atoms with Crippen molar-refractivity contribution in [3.05, 3.63) is 30.3 Å². The van der Waals surface area contributed by atoms with Crippen molar-refractivity contribution in [2.75, 3.05) is 4.90 Å². The van der Waals surface area contributed by atoms with Crippen molar-refractivity contribution in [1.29, 1.82) is 0 Å². The molecule has 0 aromatic heterocycles. The van der Waals surface area contributed by atoms with E-state index >= 15 is 0 Å². The Balaban J connectivity index is 2.36. The van der Waals surface area contributed by atoms with Crippen LogP contribution in [0.15, 0.2) is 30.3 Å². The summed E-state index contributed by atoms with van der Waals surface area (Å²) in [6, 6.07) is 8.94. The van der Waals surface area contributed by atoms with Crippen molar-refractivity contribution in [2.24, 2.45) is 0 Å². The number of rotatable bonds is 3. The molecule has 0 bridgehead atoms. The largest absolute Gasteiger partial charge is 0.373 e. The first-order chi connectivity index (χ1) is 8.50. The summed E-state index contributed by atoms with van der Waals surface area (Å²) in [7, 11) is 0. The molecule has 1 fully saturated rings. The van der Waals surface area contributed by atoms with Crippen LogP contribution in [0.25, 0.3) is 0 Å². The Morgan fingerprint density at radius 1 is 1.44 bits per heavy atom. The fourth-order valence-corrected chi connectivity index (χ4v) is 2.49. The summed E-state index contributed by atoms with van der Waals surface area (Å²) in [5.41, 5.74) is -1.13. The molecule has 1 N–H and O–H groups in total. The van der Waals surface area contributed by atoms with E-state index in [4.69, 9.17) is 0 Å².